The molecule has 0 amide bonds. The first kappa shape index (κ1) is 12.6. The number of nitrogen functional groups attached to an aromatic ring is 1. The molecular formula is C12H9BrCl2N2. The Hall–Kier alpha value is -0.900. The van der Waals surface area contributed by atoms with Crippen molar-refractivity contribution in [2.45, 2.75) is 0 Å². The minimum absolute atomic E-state index is 0.505. The molecule has 2 aromatic carbocycles. The highest BCUT2D eigenvalue weighted by Gasteiger charge is 2.03. The third-order valence-electron chi connectivity index (χ3n) is 2.21. The summed E-state index contributed by atoms with van der Waals surface area (Å²) in [6.45, 7) is 0. The van der Waals surface area contributed by atoms with E-state index in [1.54, 1.807) is 12.1 Å². The van der Waals surface area contributed by atoms with Gasteiger partial charge in [0.1, 0.15) is 0 Å². The molecule has 17 heavy (non-hydrogen) atoms. The van der Waals surface area contributed by atoms with Crippen LogP contribution in [-0.2, 0) is 0 Å². The van der Waals surface area contributed by atoms with Crippen LogP contribution < -0.4 is 11.1 Å². The Balaban J connectivity index is 2.31. The normalized spacial score (nSPS) is 10.3. The van der Waals surface area contributed by atoms with Crippen molar-refractivity contribution in [3.63, 3.8) is 0 Å². The van der Waals surface area contributed by atoms with E-state index in [1.807, 2.05) is 24.3 Å². The minimum Gasteiger partial charge on any atom is -0.397 e. The monoisotopic (exact) mass is 330 g/mol. The number of halogens is 3. The Morgan fingerprint density at radius 2 is 1.76 bits per heavy atom. The van der Waals surface area contributed by atoms with Crippen molar-refractivity contribution in [3.05, 3.63) is 50.9 Å². The Morgan fingerprint density at radius 3 is 2.47 bits per heavy atom. The predicted molar refractivity (Wildman–Crippen MR) is 78.3 cm³/mol. The van der Waals surface area contributed by atoms with Crippen molar-refractivity contribution >= 4 is 56.2 Å². The summed E-state index contributed by atoms with van der Waals surface area (Å²) in [5, 5.41) is 4.22. The molecule has 0 unspecified atom stereocenters. The van der Waals surface area contributed by atoms with Gasteiger partial charge in [0.05, 0.1) is 21.4 Å². The molecule has 0 saturated heterocycles. The zero-order valence-electron chi connectivity index (χ0n) is 8.68. The molecule has 0 aromatic heterocycles. The van der Waals surface area contributed by atoms with E-state index < -0.39 is 0 Å². The second kappa shape index (κ2) is 5.17. The smallest absolute Gasteiger partial charge is 0.0629 e. The summed E-state index contributed by atoms with van der Waals surface area (Å²) >= 11 is 15.2. The number of rotatable bonds is 2. The fourth-order valence-electron chi connectivity index (χ4n) is 1.37. The van der Waals surface area contributed by atoms with E-state index in [-0.39, 0.29) is 0 Å². The van der Waals surface area contributed by atoms with Crippen LogP contribution in [0.3, 0.4) is 0 Å². The van der Waals surface area contributed by atoms with Gasteiger partial charge in [0.15, 0.2) is 0 Å². The lowest BCUT2D eigenvalue weighted by Gasteiger charge is -2.10. The van der Waals surface area contributed by atoms with Gasteiger partial charge >= 0.3 is 0 Å². The molecule has 0 bridgehead atoms. The van der Waals surface area contributed by atoms with Gasteiger partial charge in [-0.1, -0.05) is 39.1 Å². The van der Waals surface area contributed by atoms with Gasteiger partial charge in [0, 0.05) is 10.2 Å². The Labute approximate surface area is 118 Å². The molecule has 0 spiro atoms. The molecule has 0 fully saturated rings. The number of nitrogens with two attached hydrogens (primary N) is 1. The second-order valence-electron chi connectivity index (χ2n) is 3.49. The zero-order valence-corrected chi connectivity index (χ0v) is 11.8. The molecule has 5 heteroatoms. The molecule has 0 aliphatic heterocycles. The maximum Gasteiger partial charge on any atom is 0.0629 e. The summed E-state index contributed by atoms with van der Waals surface area (Å²) in [6, 6.07) is 10.9. The maximum absolute atomic E-state index is 5.94. The summed E-state index contributed by atoms with van der Waals surface area (Å²) in [6.07, 6.45) is 0. The van der Waals surface area contributed by atoms with Crippen LogP contribution in [0.1, 0.15) is 0 Å². The molecule has 88 valence electrons. The van der Waals surface area contributed by atoms with Crippen molar-refractivity contribution in [2.75, 3.05) is 11.1 Å². The Bertz CT molecular complexity index is 558. The number of hydrogen-bond acceptors (Lipinski definition) is 2. The lowest BCUT2D eigenvalue weighted by Crippen LogP contribution is -1.96. The van der Waals surface area contributed by atoms with Gasteiger partial charge in [-0.25, -0.2) is 0 Å². The highest BCUT2D eigenvalue weighted by Crippen LogP contribution is 2.30. The second-order valence-corrected chi connectivity index (χ2v) is 5.22. The maximum atomic E-state index is 5.94. The van der Waals surface area contributed by atoms with Crippen LogP contribution >= 0.6 is 39.1 Å². The largest absolute Gasteiger partial charge is 0.397 e. The zero-order chi connectivity index (χ0) is 12.4. The Kier molecular flexibility index (Phi) is 3.82. The molecule has 0 radical (unpaired) electrons. The number of hydrogen-bond donors (Lipinski definition) is 2. The summed E-state index contributed by atoms with van der Waals surface area (Å²) in [4.78, 5) is 0. The molecule has 0 heterocycles. The van der Waals surface area contributed by atoms with Crippen molar-refractivity contribution in [3.8, 4) is 0 Å². The highest BCUT2D eigenvalue weighted by molar-refractivity contribution is 9.10. The molecule has 0 atom stereocenters. The average Bonchev–Trinajstić information content (AvgIpc) is 2.29. The van der Waals surface area contributed by atoms with E-state index in [4.69, 9.17) is 28.9 Å². The van der Waals surface area contributed by atoms with Crippen LogP contribution in [-0.4, -0.2) is 0 Å². The van der Waals surface area contributed by atoms with Gasteiger partial charge < -0.3 is 11.1 Å². The predicted octanol–water partition coefficient (Wildman–Crippen LogP) is 5.08. The molecular weight excluding hydrogens is 323 g/mol. The fraction of sp³-hybridized carbons (Fsp3) is 0. The van der Waals surface area contributed by atoms with Gasteiger partial charge in [-0.15, -0.1) is 0 Å². The topological polar surface area (TPSA) is 38.0 Å². The molecule has 0 aliphatic carbocycles. The summed E-state index contributed by atoms with van der Waals surface area (Å²) in [5.41, 5.74) is 8.18. The van der Waals surface area contributed by atoms with Crippen LogP contribution in [0.15, 0.2) is 40.9 Å². The molecule has 0 saturated carbocycles. The van der Waals surface area contributed by atoms with Crippen LogP contribution in [0.25, 0.3) is 0 Å². The number of anilines is 3. The van der Waals surface area contributed by atoms with Crippen molar-refractivity contribution in [1.82, 2.24) is 0 Å². The van der Waals surface area contributed by atoms with Gasteiger partial charge in [0.25, 0.3) is 0 Å². The standard InChI is InChI=1S/C12H9BrCl2N2/c13-7-1-4-11(16)12(5-7)17-8-2-3-9(14)10(15)6-8/h1-6,17H,16H2. The summed E-state index contributed by atoms with van der Waals surface area (Å²) < 4.78 is 0.953. The van der Waals surface area contributed by atoms with Gasteiger partial charge in [-0.2, -0.15) is 0 Å². The Morgan fingerprint density at radius 1 is 1.00 bits per heavy atom. The summed E-state index contributed by atoms with van der Waals surface area (Å²) in [7, 11) is 0. The van der Waals surface area contributed by atoms with E-state index in [0.29, 0.717) is 15.7 Å². The average molecular weight is 332 g/mol. The number of benzene rings is 2. The third kappa shape index (κ3) is 3.06. The van der Waals surface area contributed by atoms with Crippen LogP contribution in [0, 0.1) is 0 Å². The van der Waals surface area contributed by atoms with E-state index in [2.05, 4.69) is 21.2 Å². The van der Waals surface area contributed by atoms with Gasteiger partial charge in [-0.05, 0) is 36.4 Å². The summed E-state index contributed by atoms with van der Waals surface area (Å²) in [5.74, 6) is 0. The molecule has 2 nitrogen and oxygen atoms in total. The molecule has 3 N–H and O–H groups in total. The van der Waals surface area contributed by atoms with E-state index in [9.17, 15) is 0 Å². The lowest BCUT2D eigenvalue weighted by molar-refractivity contribution is 1.53. The first-order chi connectivity index (χ1) is 8.06. The quantitative estimate of drug-likeness (QED) is 0.753. The van der Waals surface area contributed by atoms with Crippen molar-refractivity contribution in [2.24, 2.45) is 0 Å². The lowest BCUT2D eigenvalue weighted by atomic mass is 10.2. The molecule has 0 aliphatic rings. The SMILES string of the molecule is Nc1ccc(Br)cc1Nc1ccc(Cl)c(Cl)c1. The number of nitrogens with one attached hydrogen (secondary N) is 1. The highest BCUT2D eigenvalue weighted by atomic mass is 79.9. The van der Waals surface area contributed by atoms with Crippen molar-refractivity contribution < 1.29 is 0 Å². The molecule has 2 aromatic rings. The van der Waals surface area contributed by atoms with E-state index >= 15 is 0 Å². The first-order valence-corrected chi connectivity index (χ1v) is 6.38. The first-order valence-electron chi connectivity index (χ1n) is 4.83. The van der Waals surface area contributed by atoms with Gasteiger partial charge in [-0.3, -0.25) is 0 Å². The van der Waals surface area contributed by atoms with Crippen LogP contribution in [0.2, 0.25) is 10.0 Å². The van der Waals surface area contributed by atoms with E-state index in [1.165, 1.54) is 0 Å². The molecule has 2 rings (SSSR count). The third-order valence-corrected chi connectivity index (χ3v) is 3.45. The minimum atomic E-state index is 0.505. The van der Waals surface area contributed by atoms with Crippen molar-refractivity contribution in [1.29, 1.82) is 0 Å². The van der Waals surface area contributed by atoms with E-state index in [0.717, 1.165) is 15.8 Å². The van der Waals surface area contributed by atoms with Crippen LogP contribution in [0.5, 0.6) is 0 Å². The van der Waals surface area contributed by atoms with Crippen LogP contribution in [0.4, 0.5) is 17.1 Å². The fourth-order valence-corrected chi connectivity index (χ4v) is 2.03. The van der Waals surface area contributed by atoms with Gasteiger partial charge in [0.2, 0.25) is 0 Å².